The number of hydrogen-bond donors (Lipinski definition) is 1. The Bertz CT molecular complexity index is 1040. The van der Waals surface area contributed by atoms with Gasteiger partial charge in [0.25, 0.3) is 0 Å². The fourth-order valence-corrected chi connectivity index (χ4v) is 3.13. The Morgan fingerprint density at radius 1 is 0.960 bits per heavy atom. The lowest BCUT2D eigenvalue weighted by molar-refractivity contribution is 0.314. The van der Waals surface area contributed by atoms with E-state index in [0.29, 0.717) is 12.4 Å². The van der Waals surface area contributed by atoms with E-state index < -0.39 is 0 Å². The smallest absolute Gasteiger partial charge is 0.163 e. The van der Waals surface area contributed by atoms with Gasteiger partial charge < -0.3 is 9.64 Å². The topological polar surface area (TPSA) is 66.9 Å². The third kappa shape index (κ3) is 2.30. The summed E-state index contributed by atoms with van der Waals surface area (Å²) in [6.07, 6.45) is 1.74. The quantitative estimate of drug-likeness (QED) is 0.609. The highest BCUT2D eigenvalue weighted by atomic mass is 16.5. The summed E-state index contributed by atoms with van der Waals surface area (Å²) in [5.74, 6) is 2.37. The van der Waals surface area contributed by atoms with Crippen molar-refractivity contribution in [1.29, 1.82) is 0 Å². The number of aromatic amines is 1. The first-order chi connectivity index (χ1) is 12.4. The third-order valence-electron chi connectivity index (χ3n) is 4.30. The molecular weight excluding hydrogens is 314 g/mol. The molecule has 6 nitrogen and oxygen atoms in total. The van der Waals surface area contributed by atoms with Crippen LogP contribution in [0.3, 0.4) is 0 Å². The van der Waals surface area contributed by atoms with Crippen molar-refractivity contribution in [2.45, 2.75) is 0 Å². The normalized spacial score (nSPS) is 13.5. The number of benzene rings is 2. The highest BCUT2D eigenvalue weighted by molar-refractivity contribution is 5.90. The van der Waals surface area contributed by atoms with Crippen LogP contribution in [0, 0.1) is 0 Å². The van der Waals surface area contributed by atoms with Crippen molar-refractivity contribution in [3.63, 3.8) is 0 Å². The van der Waals surface area contributed by atoms with Crippen LogP contribution in [0.4, 0.5) is 11.5 Å². The molecule has 0 atom stereocenters. The van der Waals surface area contributed by atoms with Gasteiger partial charge in [-0.05, 0) is 12.1 Å². The number of rotatable bonds is 2. The van der Waals surface area contributed by atoms with Gasteiger partial charge >= 0.3 is 0 Å². The van der Waals surface area contributed by atoms with E-state index in [-0.39, 0.29) is 0 Å². The Hall–Kier alpha value is -3.41. The molecular formula is C19H15N5O. The van der Waals surface area contributed by atoms with Gasteiger partial charge in [0.15, 0.2) is 11.6 Å². The zero-order valence-electron chi connectivity index (χ0n) is 13.4. The summed E-state index contributed by atoms with van der Waals surface area (Å²) in [6, 6.07) is 18.0. The molecule has 6 heteroatoms. The summed E-state index contributed by atoms with van der Waals surface area (Å²) in [7, 11) is 0. The summed E-state index contributed by atoms with van der Waals surface area (Å²) < 4.78 is 5.77. The molecule has 1 aliphatic heterocycles. The van der Waals surface area contributed by atoms with Crippen LogP contribution in [0.2, 0.25) is 0 Å². The number of H-pyrrole nitrogens is 1. The fourth-order valence-electron chi connectivity index (χ4n) is 3.13. The van der Waals surface area contributed by atoms with Gasteiger partial charge in [-0.2, -0.15) is 5.10 Å². The van der Waals surface area contributed by atoms with Gasteiger partial charge in [-0.25, -0.2) is 9.97 Å². The van der Waals surface area contributed by atoms with Gasteiger partial charge in [0, 0.05) is 5.56 Å². The standard InChI is InChI=1S/C19H15N5O/c1-2-6-13(7-3-1)18-21-14-12-20-23-17(14)19(22-18)24-10-11-25-16-9-5-4-8-15(16)24/h1-9,12H,10-11H2,(H,20,23). The first kappa shape index (κ1) is 14.0. The summed E-state index contributed by atoms with van der Waals surface area (Å²) >= 11 is 0. The SMILES string of the molecule is c1ccc(-c2nc(N3CCOc4ccccc43)c3[nH]ncc3n2)cc1. The van der Waals surface area contributed by atoms with E-state index in [1.807, 2.05) is 54.6 Å². The molecule has 0 radical (unpaired) electrons. The molecule has 0 unspecified atom stereocenters. The van der Waals surface area contributed by atoms with Crippen LogP contribution in [0.25, 0.3) is 22.4 Å². The molecule has 2 aromatic heterocycles. The van der Waals surface area contributed by atoms with Crippen LogP contribution in [-0.2, 0) is 0 Å². The fraction of sp³-hybridized carbons (Fsp3) is 0.105. The number of aromatic nitrogens is 4. The van der Waals surface area contributed by atoms with Crippen molar-refractivity contribution in [3.05, 3.63) is 60.8 Å². The molecule has 0 spiro atoms. The molecule has 0 bridgehead atoms. The molecule has 0 saturated heterocycles. The molecule has 122 valence electrons. The Labute approximate surface area is 144 Å². The monoisotopic (exact) mass is 329 g/mol. The lowest BCUT2D eigenvalue weighted by atomic mass is 10.2. The van der Waals surface area contributed by atoms with E-state index in [4.69, 9.17) is 9.72 Å². The van der Waals surface area contributed by atoms with E-state index in [2.05, 4.69) is 20.1 Å². The maximum atomic E-state index is 5.77. The van der Waals surface area contributed by atoms with Crippen molar-refractivity contribution < 1.29 is 4.74 Å². The van der Waals surface area contributed by atoms with Crippen LogP contribution in [-0.4, -0.2) is 33.3 Å². The van der Waals surface area contributed by atoms with Crippen molar-refractivity contribution in [3.8, 4) is 17.1 Å². The lowest BCUT2D eigenvalue weighted by Gasteiger charge is -2.30. The second kappa shape index (κ2) is 5.59. The number of hydrogen-bond acceptors (Lipinski definition) is 5. The van der Waals surface area contributed by atoms with Gasteiger partial charge in [0.05, 0.1) is 18.4 Å². The summed E-state index contributed by atoms with van der Waals surface area (Å²) in [6.45, 7) is 1.33. The number of fused-ring (bicyclic) bond motifs is 2. The van der Waals surface area contributed by atoms with Crippen molar-refractivity contribution >= 4 is 22.5 Å². The average Bonchev–Trinajstić information content (AvgIpc) is 3.16. The minimum Gasteiger partial charge on any atom is -0.490 e. The van der Waals surface area contributed by atoms with Gasteiger partial charge in [0.2, 0.25) is 0 Å². The Balaban J connectivity index is 1.73. The molecule has 3 heterocycles. The predicted octanol–water partition coefficient (Wildman–Crippen LogP) is 3.55. The van der Waals surface area contributed by atoms with E-state index in [0.717, 1.165) is 40.4 Å². The third-order valence-corrected chi connectivity index (χ3v) is 4.30. The summed E-state index contributed by atoms with van der Waals surface area (Å²) in [5.41, 5.74) is 3.61. The van der Waals surface area contributed by atoms with E-state index >= 15 is 0 Å². The van der Waals surface area contributed by atoms with Crippen LogP contribution in [0.1, 0.15) is 0 Å². The first-order valence-electron chi connectivity index (χ1n) is 8.16. The predicted molar refractivity (Wildman–Crippen MR) is 96.1 cm³/mol. The Morgan fingerprint density at radius 3 is 2.72 bits per heavy atom. The summed E-state index contributed by atoms with van der Waals surface area (Å²) in [4.78, 5) is 11.7. The largest absolute Gasteiger partial charge is 0.490 e. The van der Waals surface area contributed by atoms with Crippen molar-refractivity contribution in [2.75, 3.05) is 18.1 Å². The molecule has 0 amide bonds. The lowest BCUT2D eigenvalue weighted by Crippen LogP contribution is -2.29. The second-order valence-corrected chi connectivity index (χ2v) is 5.83. The maximum Gasteiger partial charge on any atom is 0.163 e. The molecule has 4 aromatic rings. The molecule has 5 rings (SSSR count). The van der Waals surface area contributed by atoms with Crippen LogP contribution >= 0.6 is 0 Å². The van der Waals surface area contributed by atoms with Crippen LogP contribution < -0.4 is 9.64 Å². The highest BCUT2D eigenvalue weighted by Crippen LogP contribution is 2.38. The molecule has 2 aromatic carbocycles. The average molecular weight is 329 g/mol. The summed E-state index contributed by atoms with van der Waals surface area (Å²) in [5, 5.41) is 7.20. The second-order valence-electron chi connectivity index (χ2n) is 5.83. The molecule has 0 saturated carbocycles. The zero-order valence-corrected chi connectivity index (χ0v) is 13.4. The molecule has 0 fully saturated rings. The minimum absolute atomic E-state index is 0.608. The number of nitrogens with one attached hydrogen (secondary N) is 1. The Morgan fingerprint density at radius 2 is 1.80 bits per heavy atom. The number of anilines is 2. The highest BCUT2D eigenvalue weighted by Gasteiger charge is 2.23. The minimum atomic E-state index is 0.608. The van der Waals surface area contributed by atoms with Gasteiger partial charge in [-0.1, -0.05) is 42.5 Å². The van der Waals surface area contributed by atoms with E-state index in [1.54, 1.807) is 6.20 Å². The molecule has 0 aliphatic carbocycles. The molecule has 1 aliphatic rings. The van der Waals surface area contributed by atoms with Crippen molar-refractivity contribution in [2.24, 2.45) is 0 Å². The van der Waals surface area contributed by atoms with Gasteiger partial charge in [-0.3, -0.25) is 5.10 Å². The Kier molecular flexibility index (Phi) is 3.13. The van der Waals surface area contributed by atoms with Gasteiger partial charge in [0.1, 0.15) is 23.4 Å². The van der Waals surface area contributed by atoms with Gasteiger partial charge in [-0.15, -0.1) is 0 Å². The van der Waals surface area contributed by atoms with E-state index in [9.17, 15) is 0 Å². The van der Waals surface area contributed by atoms with Crippen LogP contribution in [0.5, 0.6) is 5.75 Å². The number of para-hydroxylation sites is 2. The van der Waals surface area contributed by atoms with Crippen LogP contribution in [0.15, 0.2) is 60.8 Å². The number of nitrogens with zero attached hydrogens (tertiary/aromatic N) is 4. The molecule has 1 N–H and O–H groups in total. The first-order valence-corrected chi connectivity index (χ1v) is 8.16. The zero-order chi connectivity index (χ0) is 16.6. The number of ether oxygens (including phenoxy) is 1. The molecule has 25 heavy (non-hydrogen) atoms. The maximum absolute atomic E-state index is 5.77. The van der Waals surface area contributed by atoms with E-state index in [1.165, 1.54) is 0 Å². The van der Waals surface area contributed by atoms with Crippen molar-refractivity contribution in [1.82, 2.24) is 20.2 Å².